The van der Waals surface area contributed by atoms with Crippen LogP contribution in [0.25, 0.3) is 0 Å². The summed E-state index contributed by atoms with van der Waals surface area (Å²) >= 11 is 0. The molecule has 0 unspecified atom stereocenters. The van der Waals surface area contributed by atoms with Crippen molar-refractivity contribution in [2.75, 3.05) is 6.54 Å². The molecule has 0 heterocycles. The van der Waals surface area contributed by atoms with Gasteiger partial charge in [0, 0.05) is 6.42 Å². The van der Waals surface area contributed by atoms with Crippen LogP contribution >= 0.6 is 0 Å². The summed E-state index contributed by atoms with van der Waals surface area (Å²) in [4.78, 5) is 11.5. The number of hydrogen-bond donors (Lipinski definition) is 8. The van der Waals surface area contributed by atoms with Crippen molar-refractivity contribution < 1.29 is 40.5 Å². The van der Waals surface area contributed by atoms with Gasteiger partial charge in [0.05, 0.1) is 6.54 Å². The molecule has 0 aliphatic heterocycles. The van der Waals surface area contributed by atoms with E-state index >= 15 is 0 Å². The highest BCUT2D eigenvalue weighted by Crippen LogP contribution is 2.46. The predicted molar refractivity (Wildman–Crippen MR) is 70.4 cm³/mol. The predicted octanol–water partition coefficient (Wildman–Crippen LogP) is -2.35. The SMILES string of the molecule is C=CNCC(O)(O)C[C@@](C(=O)O)(C(C)(O)O)C(O)(O)CC. The van der Waals surface area contributed by atoms with Crippen LogP contribution in [0.15, 0.2) is 12.8 Å². The summed E-state index contributed by atoms with van der Waals surface area (Å²) in [7, 11) is 0. The number of carboxylic acids is 1. The van der Waals surface area contributed by atoms with Crippen LogP contribution in [-0.4, -0.2) is 65.6 Å². The molecule has 9 heteroatoms. The summed E-state index contributed by atoms with van der Waals surface area (Å²) in [6, 6.07) is 0. The van der Waals surface area contributed by atoms with E-state index < -0.39 is 48.1 Å². The number of rotatable bonds is 9. The van der Waals surface area contributed by atoms with Crippen molar-refractivity contribution in [1.82, 2.24) is 5.32 Å². The Morgan fingerprint density at radius 2 is 1.67 bits per heavy atom. The zero-order valence-electron chi connectivity index (χ0n) is 11.9. The molecule has 8 N–H and O–H groups in total. The first-order valence-electron chi connectivity index (χ1n) is 6.19. The maximum Gasteiger partial charge on any atom is 0.320 e. The van der Waals surface area contributed by atoms with Gasteiger partial charge in [-0.05, 0) is 19.5 Å². The molecule has 0 aromatic rings. The third kappa shape index (κ3) is 3.90. The van der Waals surface area contributed by atoms with Crippen molar-refractivity contribution in [3.05, 3.63) is 12.8 Å². The lowest BCUT2D eigenvalue weighted by Gasteiger charge is -2.48. The summed E-state index contributed by atoms with van der Waals surface area (Å²) in [5, 5.41) is 70.5. The molecule has 21 heavy (non-hydrogen) atoms. The Hall–Kier alpha value is -1.23. The molecule has 0 bridgehead atoms. The topological polar surface area (TPSA) is 171 Å². The van der Waals surface area contributed by atoms with E-state index in [1.165, 1.54) is 6.92 Å². The third-order valence-electron chi connectivity index (χ3n) is 3.43. The lowest BCUT2D eigenvalue weighted by molar-refractivity contribution is -0.358. The fraction of sp³-hybridized carbons (Fsp3) is 0.750. The van der Waals surface area contributed by atoms with Crippen LogP contribution in [0.5, 0.6) is 0 Å². The molecule has 0 saturated heterocycles. The molecular formula is C12H23NO8. The third-order valence-corrected chi connectivity index (χ3v) is 3.43. The molecule has 0 spiro atoms. The molecule has 0 aliphatic carbocycles. The maximum atomic E-state index is 11.5. The van der Waals surface area contributed by atoms with Crippen LogP contribution in [0.2, 0.25) is 0 Å². The minimum Gasteiger partial charge on any atom is -0.481 e. The van der Waals surface area contributed by atoms with Crippen molar-refractivity contribution >= 4 is 5.97 Å². The van der Waals surface area contributed by atoms with Gasteiger partial charge in [0.15, 0.2) is 22.8 Å². The molecule has 9 nitrogen and oxygen atoms in total. The summed E-state index contributed by atoms with van der Waals surface area (Å²) < 4.78 is 0. The van der Waals surface area contributed by atoms with Gasteiger partial charge in [-0.2, -0.15) is 0 Å². The van der Waals surface area contributed by atoms with E-state index in [1.807, 2.05) is 0 Å². The Morgan fingerprint density at radius 3 is 1.95 bits per heavy atom. The van der Waals surface area contributed by atoms with Crippen molar-refractivity contribution in [2.24, 2.45) is 5.41 Å². The minimum absolute atomic E-state index is 0.596. The van der Waals surface area contributed by atoms with E-state index in [0.29, 0.717) is 6.92 Å². The van der Waals surface area contributed by atoms with Gasteiger partial charge in [0.25, 0.3) is 0 Å². The molecule has 0 aromatic heterocycles. The lowest BCUT2D eigenvalue weighted by atomic mass is 9.67. The standard InChI is InChI=1S/C12H23NO8/c1-4-12(20,21)11(8(14)15,9(3,16)17)6-10(18,19)7-13-5-2/h5,13,16-21H,2,4,6-7H2,1,3H3,(H,14,15)/t11-/m1/s1. The average Bonchev–Trinajstić information content (AvgIpc) is 2.31. The second-order valence-corrected chi connectivity index (χ2v) is 5.15. The Labute approximate surface area is 121 Å². The van der Waals surface area contributed by atoms with E-state index in [9.17, 15) is 40.5 Å². The lowest BCUT2D eigenvalue weighted by Crippen LogP contribution is -2.68. The molecule has 0 fully saturated rings. The van der Waals surface area contributed by atoms with Gasteiger partial charge >= 0.3 is 5.97 Å². The summed E-state index contributed by atoms with van der Waals surface area (Å²) in [6.45, 7) is 4.47. The van der Waals surface area contributed by atoms with Gasteiger partial charge in [-0.15, -0.1) is 0 Å². The first-order chi connectivity index (χ1) is 9.27. The molecule has 0 aliphatic rings. The van der Waals surface area contributed by atoms with Gasteiger partial charge in [-0.25, -0.2) is 0 Å². The second kappa shape index (κ2) is 6.26. The number of nitrogens with one attached hydrogen (secondary N) is 1. The maximum absolute atomic E-state index is 11.5. The van der Waals surface area contributed by atoms with E-state index in [0.717, 1.165) is 6.20 Å². The van der Waals surface area contributed by atoms with Gasteiger partial charge < -0.3 is 41.1 Å². The first-order valence-corrected chi connectivity index (χ1v) is 6.19. The Balaban J connectivity index is 5.94. The quantitative estimate of drug-likeness (QED) is 0.217. The molecule has 0 aromatic carbocycles. The molecule has 0 amide bonds. The molecular weight excluding hydrogens is 286 g/mol. The van der Waals surface area contributed by atoms with Gasteiger partial charge in [0.2, 0.25) is 0 Å². The van der Waals surface area contributed by atoms with Gasteiger partial charge in [-0.3, -0.25) is 4.79 Å². The zero-order valence-corrected chi connectivity index (χ0v) is 11.9. The fourth-order valence-electron chi connectivity index (χ4n) is 2.16. The van der Waals surface area contributed by atoms with Crippen molar-refractivity contribution in [2.45, 2.75) is 44.1 Å². The first kappa shape index (κ1) is 19.8. The Bertz CT molecular complexity index is 387. The molecule has 1 atom stereocenters. The van der Waals surface area contributed by atoms with Crippen LogP contribution in [0, 0.1) is 5.41 Å². The largest absolute Gasteiger partial charge is 0.481 e. The van der Waals surface area contributed by atoms with Crippen LogP contribution in [-0.2, 0) is 4.79 Å². The number of carbonyl (C=O) groups is 1. The highest BCUT2D eigenvalue weighted by molar-refractivity contribution is 5.77. The van der Waals surface area contributed by atoms with Crippen molar-refractivity contribution in [1.29, 1.82) is 0 Å². The zero-order chi connectivity index (χ0) is 17.1. The number of carboxylic acid groups (broad SMARTS) is 1. The van der Waals surface area contributed by atoms with E-state index in [-0.39, 0.29) is 0 Å². The number of hydrogen-bond acceptors (Lipinski definition) is 8. The van der Waals surface area contributed by atoms with Gasteiger partial charge in [-0.1, -0.05) is 13.5 Å². The monoisotopic (exact) mass is 309 g/mol. The summed E-state index contributed by atoms with van der Waals surface area (Å²) in [5.74, 6) is -11.0. The molecule has 0 saturated carbocycles. The van der Waals surface area contributed by atoms with E-state index in [4.69, 9.17) is 0 Å². The van der Waals surface area contributed by atoms with Crippen molar-refractivity contribution in [3.63, 3.8) is 0 Å². The fourth-order valence-corrected chi connectivity index (χ4v) is 2.16. The smallest absolute Gasteiger partial charge is 0.320 e. The van der Waals surface area contributed by atoms with Gasteiger partial charge in [0.1, 0.15) is 0 Å². The van der Waals surface area contributed by atoms with Crippen LogP contribution < -0.4 is 5.32 Å². The average molecular weight is 309 g/mol. The molecule has 0 rings (SSSR count). The summed E-state index contributed by atoms with van der Waals surface area (Å²) in [5.41, 5.74) is -3.07. The second-order valence-electron chi connectivity index (χ2n) is 5.15. The highest BCUT2D eigenvalue weighted by atomic mass is 16.5. The minimum atomic E-state index is -3.15. The highest BCUT2D eigenvalue weighted by Gasteiger charge is 2.67. The number of aliphatic carboxylic acids is 1. The number of aliphatic hydroxyl groups is 6. The summed E-state index contributed by atoms with van der Waals surface area (Å²) in [6.07, 6.45) is -0.757. The normalized spacial score (nSPS) is 16.2. The molecule has 124 valence electrons. The Morgan fingerprint density at radius 1 is 1.19 bits per heavy atom. The van der Waals surface area contributed by atoms with Crippen LogP contribution in [0.3, 0.4) is 0 Å². The van der Waals surface area contributed by atoms with Crippen molar-refractivity contribution in [3.8, 4) is 0 Å². The van der Waals surface area contributed by atoms with E-state index in [2.05, 4.69) is 11.9 Å². The Kier molecular flexibility index (Phi) is 5.89. The van der Waals surface area contributed by atoms with Crippen LogP contribution in [0.4, 0.5) is 0 Å². The van der Waals surface area contributed by atoms with E-state index in [1.54, 1.807) is 0 Å². The van der Waals surface area contributed by atoms with Crippen LogP contribution in [0.1, 0.15) is 26.7 Å². The molecule has 0 radical (unpaired) electrons.